The van der Waals surface area contributed by atoms with Gasteiger partial charge in [0.05, 0.1) is 23.0 Å². The molecule has 9 nitrogen and oxygen atoms in total. The number of nitriles is 1. The number of hydrogen-bond donors (Lipinski definition) is 0. The SMILES string of the molecule is N#CCOc1ccc([N+](=O)[O-])cc1C=NN1C(=O)C2C3C=CC(C3)C2C1=O. The van der Waals surface area contributed by atoms with Crippen molar-refractivity contribution >= 4 is 23.7 Å². The number of fused-ring (bicyclic) bond motifs is 5. The first-order valence-corrected chi connectivity index (χ1v) is 8.39. The van der Waals surface area contributed by atoms with Crippen molar-refractivity contribution < 1.29 is 19.2 Å². The molecule has 9 heteroatoms. The normalized spacial score (nSPS) is 28.0. The highest BCUT2D eigenvalue weighted by Gasteiger charge is 2.59. The van der Waals surface area contributed by atoms with Gasteiger partial charge in [0.15, 0.2) is 6.61 Å². The molecule has 0 radical (unpaired) electrons. The standard InChI is InChI=1S/C18H14N4O5/c19-5-6-27-14-4-3-13(22(25)26)8-12(14)9-20-21-17(23)15-10-1-2-11(7-10)16(15)18(21)24/h1-4,8-11,15-16H,6-7H2. The number of hydrazone groups is 1. The Hall–Kier alpha value is -3.54. The van der Waals surface area contributed by atoms with E-state index in [0.29, 0.717) is 0 Å². The molecule has 2 amide bonds. The number of benzene rings is 1. The Kier molecular flexibility index (Phi) is 3.96. The van der Waals surface area contributed by atoms with Crippen molar-refractivity contribution in [3.05, 3.63) is 46.0 Å². The van der Waals surface area contributed by atoms with Gasteiger partial charge in [-0.2, -0.15) is 15.4 Å². The van der Waals surface area contributed by atoms with Crippen LogP contribution in [0.2, 0.25) is 0 Å². The second-order valence-electron chi connectivity index (χ2n) is 6.66. The van der Waals surface area contributed by atoms with Gasteiger partial charge in [-0.25, -0.2) is 0 Å². The minimum absolute atomic E-state index is 0.0731. The van der Waals surface area contributed by atoms with Crippen molar-refractivity contribution in [1.29, 1.82) is 5.26 Å². The smallest absolute Gasteiger partial charge is 0.270 e. The monoisotopic (exact) mass is 366 g/mol. The molecule has 3 aliphatic rings. The number of nitro groups is 1. The zero-order chi connectivity index (χ0) is 19.1. The van der Waals surface area contributed by atoms with Crippen LogP contribution < -0.4 is 4.74 Å². The largest absolute Gasteiger partial charge is 0.478 e. The average molecular weight is 366 g/mol. The van der Waals surface area contributed by atoms with Crippen LogP contribution in [0.4, 0.5) is 5.69 Å². The third-order valence-electron chi connectivity index (χ3n) is 5.26. The maximum Gasteiger partial charge on any atom is 0.270 e. The molecule has 4 rings (SSSR count). The number of allylic oxidation sites excluding steroid dienone is 2. The molecule has 1 aromatic carbocycles. The first-order valence-electron chi connectivity index (χ1n) is 8.39. The van der Waals surface area contributed by atoms with Crippen molar-refractivity contribution in [2.24, 2.45) is 28.8 Å². The molecule has 1 aliphatic heterocycles. The predicted molar refractivity (Wildman–Crippen MR) is 91.4 cm³/mol. The van der Waals surface area contributed by atoms with Crippen LogP contribution in [0.1, 0.15) is 12.0 Å². The molecule has 27 heavy (non-hydrogen) atoms. The van der Waals surface area contributed by atoms with Crippen LogP contribution in [-0.2, 0) is 9.59 Å². The van der Waals surface area contributed by atoms with Crippen LogP contribution in [0.5, 0.6) is 5.75 Å². The number of hydrogen-bond acceptors (Lipinski definition) is 7. The Bertz CT molecular complexity index is 918. The van der Waals surface area contributed by atoms with Gasteiger partial charge >= 0.3 is 0 Å². The second-order valence-corrected chi connectivity index (χ2v) is 6.66. The van der Waals surface area contributed by atoms with E-state index in [1.807, 2.05) is 18.2 Å². The summed E-state index contributed by atoms with van der Waals surface area (Å²) in [5.41, 5.74) is 0.0113. The van der Waals surface area contributed by atoms with Crippen molar-refractivity contribution in [1.82, 2.24) is 5.01 Å². The molecular weight excluding hydrogens is 352 g/mol. The van der Waals surface area contributed by atoms with Crippen LogP contribution in [0.15, 0.2) is 35.5 Å². The Labute approximate surface area is 153 Å². The van der Waals surface area contributed by atoms with E-state index in [4.69, 9.17) is 10.00 Å². The van der Waals surface area contributed by atoms with Gasteiger partial charge in [0.2, 0.25) is 0 Å². The van der Waals surface area contributed by atoms with E-state index >= 15 is 0 Å². The van der Waals surface area contributed by atoms with E-state index in [9.17, 15) is 19.7 Å². The summed E-state index contributed by atoms with van der Waals surface area (Å²) < 4.78 is 5.24. The lowest BCUT2D eigenvalue weighted by atomic mass is 9.85. The Morgan fingerprint density at radius 3 is 2.56 bits per heavy atom. The highest BCUT2D eigenvalue weighted by atomic mass is 16.6. The number of carbonyl (C=O) groups excluding carboxylic acids is 2. The first kappa shape index (κ1) is 16.9. The predicted octanol–water partition coefficient (Wildman–Crippen LogP) is 1.64. The fourth-order valence-electron chi connectivity index (χ4n) is 4.11. The third-order valence-corrected chi connectivity index (χ3v) is 5.26. The van der Waals surface area contributed by atoms with Crippen LogP contribution >= 0.6 is 0 Å². The molecule has 1 saturated carbocycles. The van der Waals surface area contributed by atoms with Gasteiger partial charge in [0, 0.05) is 17.7 Å². The number of ether oxygens (including phenoxy) is 1. The van der Waals surface area contributed by atoms with Crippen LogP contribution in [0.3, 0.4) is 0 Å². The van der Waals surface area contributed by atoms with Gasteiger partial charge in [-0.05, 0) is 24.3 Å². The number of rotatable bonds is 5. The summed E-state index contributed by atoms with van der Waals surface area (Å²) in [5.74, 6) is -1.08. The van der Waals surface area contributed by atoms with Gasteiger partial charge in [-0.1, -0.05) is 12.2 Å². The number of carbonyl (C=O) groups is 2. The molecule has 136 valence electrons. The molecule has 1 saturated heterocycles. The second kappa shape index (κ2) is 6.32. The Balaban J connectivity index is 1.62. The minimum Gasteiger partial charge on any atom is -0.478 e. The molecule has 2 fully saturated rings. The van der Waals surface area contributed by atoms with E-state index in [-0.39, 0.29) is 59.1 Å². The summed E-state index contributed by atoms with van der Waals surface area (Å²) >= 11 is 0. The first-order chi connectivity index (χ1) is 13.0. The van der Waals surface area contributed by atoms with Crippen molar-refractivity contribution in [3.63, 3.8) is 0 Å². The number of imide groups is 1. The van der Waals surface area contributed by atoms with Crippen LogP contribution in [-0.4, -0.2) is 34.6 Å². The van der Waals surface area contributed by atoms with Crippen LogP contribution in [0.25, 0.3) is 0 Å². The molecule has 0 spiro atoms. The number of nitrogens with zero attached hydrogens (tertiary/aromatic N) is 4. The van der Waals surface area contributed by atoms with Gasteiger partial charge in [-0.15, -0.1) is 0 Å². The van der Waals surface area contributed by atoms with Crippen molar-refractivity contribution in [2.75, 3.05) is 6.61 Å². The summed E-state index contributed by atoms with van der Waals surface area (Å²) in [6.07, 6.45) is 5.98. The average Bonchev–Trinajstić information content (AvgIpc) is 3.33. The van der Waals surface area contributed by atoms with Crippen LogP contribution in [0, 0.1) is 45.1 Å². The maximum absolute atomic E-state index is 12.6. The fourth-order valence-corrected chi connectivity index (χ4v) is 4.11. The summed E-state index contributed by atoms with van der Waals surface area (Å²) in [6, 6.07) is 5.62. The van der Waals surface area contributed by atoms with E-state index in [0.717, 1.165) is 11.4 Å². The topological polar surface area (TPSA) is 126 Å². The fraction of sp³-hybridized carbons (Fsp3) is 0.333. The highest BCUT2D eigenvalue weighted by molar-refractivity contribution is 6.07. The van der Waals surface area contributed by atoms with E-state index < -0.39 is 4.92 Å². The molecule has 0 N–H and O–H groups in total. The summed E-state index contributed by atoms with van der Waals surface area (Å²) in [7, 11) is 0. The number of nitro benzene ring substituents is 1. The molecule has 1 heterocycles. The summed E-state index contributed by atoms with van der Waals surface area (Å²) in [4.78, 5) is 35.6. The third kappa shape index (κ3) is 2.66. The Morgan fingerprint density at radius 1 is 1.30 bits per heavy atom. The van der Waals surface area contributed by atoms with Gasteiger partial charge < -0.3 is 4.74 Å². The van der Waals surface area contributed by atoms with E-state index in [1.54, 1.807) is 0 Å². The highest BCUT2D eigenvalue weighted by Crippen LogP contribution is 2.52. The minimum atomic E-state index is -0.578. The zero-order valence-electron chi connectivity index (χ0n) is 14.0. The lowest BCUT2D eigenvalue weighted by Gasteiger charge is -2.13. The van der Waals surface area contributed by atoms with Crippen molar-refractivity contribution in [3.8, 4) is 11.8 Å². The molecule has 2 aliphatic carbocycles. The summed E-state index contributed by atoms with van der Waals surface area (Å²) in [5, 5.41) is 24.5. The van der Waals surface area contributed by atoms with Crippen molar-refractivity contribution in [2.45, 2.75) is 6.42 Å². The number of non-ortho nitro benzene ring substituents is 1. The molecule has 2 bridgehead atoms. The molecular formula is C18H14N4O5. The summed E-state index contributed by atoms with van der Waals surface area (Å²) in [6.45, 7) is -0.251. The van der Waals surface area contributed by atoms with Gasteiger partial charge in [0.25, 0.3) is 17.5 Å². The molecule has 1 aromatic rings. The quantitative estimate of drug-likeness (QED) is 0.256. The molecule has 0 aromatic heterocycles. The molecule has 4 atom stereocenters. The lowest BCUT2D eigenvalue weighted by molar-refractivity contribution is -0.384. The number of amides is 2. The van der Waals surface area contributed by atoms with Gasteiger partial charge in [-0.3, -0.25) is 19.7 Å². The van der Waals surface area contributed by atoms with E-state index in [2.05, 4.69) is 5.10 Å². The maximum atomic E-state index is 12.6. The lowest BCUT2D eigenvalue weighted by Crippen LogP contribution is -2.28. The molecule has 4 unspecified atom stereocenters. The van der Waals surface area contributed by atoms with Gasteiger partial charge in [0.1, 0.15) is 11.8 Å². The Morgan fingerprint density at radius 2 is 1.96 bits per heavy atom. The van der Waals surface area contributed by atoms with E-state index in [1.165, 1.54) is 24.4 Å². The zero-order valence-corrected chi connectivity index (χ0v) is 14.0.